The number of hydrogen-bond acceptors (Lipinski definition) is 4. The average molecular weight is 389 g/mol. The second kappa shape index (κ2) is 7.96. The molecule has 2 aromatic carbocycles. The fourth-order valence-electron chi connectivity index (χ4n) is 2.92. The third-order valence-electron chi connectivity index (χ3n) is 4.35. The van der Waals surface area contributed by atoms with Gasteiger partial charge in [0.05, 0.1) is 21.3 Å². The Hall–Kier alpha value is -2.26. The molecule has 1 aliphatic rings. The van der Waals surface area contributed by atoms with Crippen LogP contribution in [0, 0.1) is 18.3 Å². The Morgan fingerprint density at radius 3 is 2.58 bits per heavy atom. The first-order valence-electron chi connectivity index (χ1n) is 8.26. The summed E-state index contributed by atoms with van der Waals surface area (Å²) in [6, 6.07) is 10.7. The zero-order valence-electron chi connectivity index (χ0n) is 14.3. The molecule has 1 amide bonds. The number of anilines is 2. The minimum atomic E-state index is -0.296. The summed E-state index contributed by atoms with van der Waals surface area (Å²) in [5.74, 6) is -0.296. The fourth-order valence-corrected chi connectivity index (χ4v) is 3.31. The van der Waals surface area contributed by atoms with Crippen LogP contribution in [0.3, 0.4) is 0 Å². The third-order valence-corrected chi connectivity index (χ3v) is 5.07. The molecule has 3 rings (SSSR count). The predicted molar refractivity (Wildman–Crippen MR) is 105 cm³/mol. The molecule has 1 fully saturated rings. The molecular formula is C19H18Cl2N4O. The number of piperazine rings is 1. The molecule has 1 heterocycles. The Morgan fingerprint density at radius 2 is 1.88 bits per heavy atom. The number of halogens is 2. The van der Waals surface area contributed by atoms with Crippen molar-refractivity contribution < 1.29 is 4.79 Å². The SMILES string of the molecule is Cc1cc(Cl)c(Cl)cc1NC(=O)c1ccc(N2CCNCC2)c(C#N)c1. The zero-order valence-corrected chi connectivity index (χ0v) is 15.8. The van der Waals surface area contributed by atoms with Crippen molar-refractivity contribution in [1.29, 1.82) is 5.26 Å². The molecule has 0 aromatic heterocycles. The largest absolute Gasteiger partial charge is 0.368 e. The number of benzene rings is 2. The van der Waals surface area contributed by atoms with Gasteiger partial charge in [-0.3, -0.25) is 4.79 Å². The number of rotatable bonds is 3. The minimum Gasteiger partial charge on any atom is -0.368 e. The molecule has 7 heteroatoms. The summed E-state index contributed by atoms with van der Waals surface area (Å²) in [7, 11) is 0. The summed E-state index contributed by atoms with van der Waals surface area (Å²) >= 11 is 12.0. The molecule has 1 aliphatic heterocycles. The van der Waals surface area contributed by atoms with Gasteiger partial charge >= 0.3 is 0 Å². The lowest BCUT2D eigenvalue weighted by molar-refractivity contribution is 0.102. The first-order chi connectivity index (χ1) is 12.5. The topological polar surface area (TPSA) is 68.2 Å². The van der Waals surface area contributed by atoms with Crippen LogP contribution in [0.5, 0.6) is 0 Å². The van der Waals surface area contributed by atoms with E-state index >= 15 is 0 Å². The van der Waals surface area contributed by atoms with Gasteiger partial charge in [0.1, 0.15) is 6.07 Å². The molecule has 134 valence electrons. The van der Waals surface area contributed by atoms with E-state index in [2.05, 4.69) is 21.6 Å². The Morgan fingerprint density at radius 1 is 1.19 bits per heavy atom. The van der Waals surface area contributed by atoms with Crippen LogP contribution in [-0.4, -0.2) is 32.1 Å². The van der Waals surface area contributed by atoms with Gasteiger partial charge in [0, 0.05) is 37.4 Å². The molecule has 2 aromatic rings. The molecule has 0 saturated carbocycles. The van der Waals surface area contributed by atoms with Crippen LogP contribution in [0.25, 0.3) is 0 Å². The van der Waals surface area contributed by atoms with E-state index in [9.17, 15) is 10.1 Å². The van der Waals surface area contributed by atoms with E-state index < -0.39 is 0 Å². The number of nitriles is 1. The van der Waals surface area contributed by atoms with Gasteiger partial charge in [-0.1, -0.05) is 23.2 Å². The van der Waals surface area contributed by atoms with Gasteiger partial charge in [0.2, 0.25) is 0 Å². The van der Waals surface area contributed by atoms with E-state index in [4.69, 9.17) is 23.2 Å². The van der Waals surface area contributed by atoms with Gasteiger partial charge in [-0.15, -0.1) is 0 Å². The summed E-state index contributed by atoms with van der Waals surface area (Å²) in [5.41, 5.74) is 3.17. The van der Waals surface area contributed by atoms with E-state index in [1.165, 1.54) is 0 Å². The van der Waals surface area contributed by atoms with Crippen LogP contribution in [0.1, 0.15) is 21.5 Å². The first-order valence-corrected chi connectivity index (χ1v) is 9.02. The molecule has 0 bridgehead atoms. The number of hydrogen-bond donors (Lipinski definition) is 2. The monoisotopic (exact) mass is 388 g/mol. The van der Waals surface area contributed by atoms with Crippen LogP contribution in [0.4, 0.5) is 11.4 Å². The number of nitrogens with one attached hydrogen (secondary N) is 2. The Kier molecular flexibility index (Phi) is 5.67. The highest BCUT2D eigenvalue weighted by atomic mass is 35.5. The lowest BCUT2D eigenvalue weighted by Crippen LogP contribution is -2.43. The summed E-state index contributed by atoms with van der Waals surface area (Å²) in [5, 5.41) is 16.4. The molecular weight excluding hydrogens is 371 g/mol. The average Bonchev–Trinajstić information content (AvgIpc) is 2.66. The highest BCUT2D eigenvalue weighted by Crippen LogP contribution is 2.29. The van der Waals surface area contributed by atoms with Gasteiger partial charge in [0.25, 0.3) is 5.91 Å². The van der Waals surface area contributed by atoms with Gasteiger partial charge in [-0.25, -0.2) is 0 Å². The summed E-state index contributed by atoms with van der Waals surface area (Å²) in [4.78, 5) is 14.8. The first kappa shape index (κ1) is 18.5. The van der Waals surface area contributed by atoms with Crippen molar-refractivity contribution in [1.82, 2.24) is 5.32 Å². The Labute approximate surface area is 162 Å². The molecule has 0 atom stereocenters. The van der Waals surface area contributed by atoms with Crippen molar-refractivity contribution in [3.05, 3.63) is 57.1 Å². The summed E-state index contributed by atoms with van der Waals surface area (Å²) < 4.78 is 0. The zero-order chi connectivity index (χ0) is 18.7. The normalized spacial score (nSPS) is 14.0. The van der Waals surface area contributed by atoms with Crippen molar-refractivity contribution in [3.63, 3.8) is 0 Å². The van der Waals surface area contributed by atoms with Crippen LogP contribution in [0.15, 0.2) is 30.3 Å². The number of amides is 1. The Bertz CT molecular complexity index is 886. The van der Waals surface area contributed by atoms with E-state index in [-0.39, 0.29) is 5.91 Å². The summed E-state index contributed by atoms with van der Waals surface area (Å²) in [6.45, 7) is 5.27. The molecule has 0 unspecified atom stereocenters. The van der Waals surface area contributed by atoms with E-state index in [0.29, 0.717) is 26.9 Å². The molecule has 1 saturated heterocycles. The molecule has 0 spiro atoms. The smallest absolute Gasteiger partial charge is 0.255 e. The van der Waals surface area contributed by atoms with Crippen molar-refractivity contribution in [2.75, 3.05) is 36.4 Å². The van der Waals surface area contributed by atoms with Crippen LogP contribution in [-0.2, 0) is 0 Å². The van der Waals surface area contributed by atoms with Gasteiger partial charge in [-0.05, 0) is 42.8 Å². The second-order valence-corrected chi connectivity index (χ2v) is 6.93. The van der Waals surface area contributed by atoms with E-state index in [1.54, 1.807) is 24.3 Å². The number of carbonyl (C=O) groups excluding carboxylic acids is 1. The fraction of sp³-hybridized carbons (Fsp3) is 0.263. The maximum atomic E-state index is 12.6. The molecule has 5 nitrogen and oxygen atoms in total. The predicted octanol–water partition coefficient (Wildman–Crippen LogP) is 3.84. The highest BCUT2D eigenvalue weighted by Gasteiger charge is 2.17. The lowest BCUT2D eigenvalue weighted by Gasteiger charge is -2.30. The lowest BCUT2D eigenvalue weighted by atomic mass is 10.1. The van der Waals surface area contributed by atoms with Gasteiger partial charge < -0.3 is 15.5 Å². The van der Waals surface area contributed by atoms with Gasteiger partial charge in [0.15, 0.2) is 0 Å². The highest BCUT2D eigenvalue weighted by molar-refractivity contribution is 6.42. The second-order valence-electron chi connectivity index (χ2n) is 6.12. The Balaban J connectivity index is 1.84. The maximum absolute atomic E-state index is 12.6. The van der Waals surface area contributed by atoms with Crippen molar-refractivity contribution in [3.8, 4) is 6.07 Å². The number of aryl methyl sites for hydroxylation is 1. The maximum Gasteiger partial charge on any atom is 0.255 e. The van der Waals surface area contributed by atoms with Crippen LogP contribution >= 0.6 is 23.2 Å². The van der Waals surface area contributed by atoms with Crippen LogP contribution in [0.2, 0.25) is 10.0 Å². The number of nitrogens with zero attached hydrogens (tertiary/aromatic N) is 2. The standard InChI is InChI=1S/C19H18Cl2N4O/c1-12-8-15(20)16(21)10-17(12)24-19(26)13-2-3-18(14(9-13)11-22)25-6-4-23-5-7-25/h2-3,8-10,23H,4-7H2,1H3,(H,24,26). The minimum absolute atomic E-state index is 0.296. The van der Waals surface area contributed by atoms with Crippen molar-refractivity contribution in [2.24, 2.45) is 0 Å². The van der Waals surface area contributed by atoms with Gasteiger partial charge in [-0.2, -0.15) is 5.26 Å². The van der Waals surface area contributed by atoms with Crippen molar-refractivity contribution in [2.45, 2.75) is 6.92 Å². The third kappa shape index (κ3) is 3.94. The molecule has 26 heavy (non-hydrogen) atoms. The summed E-state index contributed by atoms with van der Waals surface area (Å²) in [6.07, 6.45) is 0. The molecule has 0 aliphatic carbocycles. The van der Waals surface area contributed by atoms with Crippen LogP contribution < -0.4 is 15.5 Å². The van der Waals surface area contributed by atoms with E-state index in [0.717, 1.165) is 37.4 Å². The molecule has 0 radical (unpaired) electrons. The quantitative estimate of drug-likeness (QED) is 0.837. The van der Waals surface area contributed by atoms with Crippen molar-refractivity contribution >= 4 is 40.5 Å². The molecule has 2 N–H and O–H groups in total. The number of carbonyl (C=O) groups is 1. The van der Waals surface area contributed by atoms with E-state index in [1.807, 2.05) is 13.0 Å².